The van der Waals surface area contributed by atoms with Crippen LogP contribution in [0.15, 0.2) is 29.3 Å². The fourth-order valence-electron chi connectivity index (χ4n) is 3.79. The van der Waals surface area contributed by atoms with Crippen LogP contribution < -0.4 is 10.2 Å². The molecule has 0 bridgehead atoms. The minimum Gasteiger partial charge on any atom is -0.381 e. The van der Waals surface area contributed by atoms with Gasteiger partial charge in [0.25, 0.3) is 0 Å². The third kappa shape index (κ3) is 6.59. The fourth-order valence-corrected chi connectivity index (χ4v) is 4.69. The summed E-state index contributed by atoms with van der Waals surface area (Å²) in [6.45, 7) is 8.96. The molecule has 0 atom stereocenters. The highest BCUT2D eigenvalue weighted by Crippen LogP contribution is 2.20. The van der Waals surface area contributed by atoms with Crippen molar-refractivity contribution in [1.29, 1.82) is 0 Å². The number of benzene rings is 1. The van der Waals surface area contributed by atoms with Crippen LogP contribution in [-0.2, 0) is 11.3 Å². The van der Waals surface area contributed by atoms with Crippen molar-refractivity contribution in [2.75, 3.05) is 62.8 Å². The molecule has 1 aromatic rings. The van der Waals surface area contributed by atoms with Gasteiger partial charge in [0.15, 0.2) is 5.96 Å². The van der Waals surface area contributed by atoms with Crippen LogP contribution >= 0.6 is 11.8 Å². The SMILES string of the molecule is CCNC(=NCc1ccc(N2CCSCC2)cc1)N(C)CCC1CCOCC1. The van der Waals surface area contributed by atoms with Crippen LogP contribution in [0.2, 0.25) is 0 Å². The Morgan fingerprint density at radius 3 is 2.61 bits per heavy atom. The van der Waals surface area contributed by atoms with E-state index in [1.165, 1.54) is 42.0 Å². The Morgan fingerprint density at radius 2 is 1.93 bits per heavy atom. The number of aliphatic imine (C=N–C) groups is 1. The number of thioether (sulfide) groups is 1. The van der Waals surface area contributed by atoms with Gasteiger partial charge in [0.1, 0.15) is 0 Å². The first-order valence-electron chi connectivity index (χ1n) is 10.7. The third-order valence-corrected chi connectivity index (χ3v) is 6.58. The van der Waals surface area contributed by atoms with E-state index in [2.05, 4.69) is 65.1 Å². The first-order chi connectivity index (χ1) is 13.8. The number of hydrogen-bond acceptors (Lipinski definition) is 4. The smallest absolute Gasteiger partial charge is 0.193 e. The summed E-state index contributed by atoms with van der Waals surface area (Å²) in [5.41, 5.74) is 2.61. The predicted octanol–water partition coefficient (Wildman–Crippen LogP) is 3.45. The van der Waals surface area contributed by atoms with Crippen molar-refractivity contribution in [3.05, 3.63) is 29.8 Å². The molecule has 2 aliphatic heterocycles. The summed E-state index contributed by atoms with van der Waals surface area (Å²) in [5, 5.41) is 3.44. The molecule has 0 spiro atoms. The highest BCUT2D eigenvalue weighted by molar-refractivity contribution is 7.99. The Kier molecular flexibility index (Phi) is 8.80. The molecule has 2 fully saturated rings. The zero-order valence-corrected chi connectivity index (χ0v) is 18.3. The lowest BCUT2D eigenvalue weighted by molar-refractivity contribution is 0.0625. The number of guanidine groups is 1. The van der Waals surface area contributed by atoms with E-state index in [-0.39, 0.29) is 0 Å². The molecule has 0 aromatic heterocycles. The zero-order valence-electron chi connectivity index (χ0n) is 17.5. The topological polar surface area (TPSA) is 40.1 Å². The summed E-state index contributed by atoms with van der Waals surface area (Å²) in [7, 11) is 2.15. The van der Waals surface area contributed by atoms with Crippen LogP contribution in [0.4, 0.5) is 5.69 Å². The van der Waals surface area contributed by atoms with Crippen LogP contribution in [0, 0.1) is 5.92 Å². The maximum atomic E-state index is 5.47. The summed E-state index contributed by atoms with van der Waals surface area (Å²) in [6, 6.07) is 8.96. The van der Waals surface area contributed by atoms with Gasteiger partial charge < -0.3 is 19.9 Å². The van der Waals surface area contributed by atoms with Crippen LogP contribution in [0.1, 0.15) is 31.7 Å². The molecule has 0 aliphatic carbocycles. The number of anilines is 1. The fraction of sp³-hybridized carbons (Fsp3) is 0.682. The average molecular weight is 405 g/mol. The molecule has 5 nitrogen and oxygen atoms in total. The van der Waals surface area contributed by atoms with E-state index >= 15 is 0 Å². The summed E-state index contributed by atoms with van der Waals surface area (Å²) in [4.78, 5) is 9.64. The molecule has 28 heavy (non-hydrogen) atoms. The van der Waals surface area contributed by atoms with Crippen molar-refractivity contribution < 1.29 is 4.74 Å². The largest absolute Gasteiger partial charge is 0.381 e. The Balaban J connectivity index is 1.52. The minimum atomic E-state index is 0.722. The third-order valence-electron chi connectivity index (χ3n) is 5.63. The average Bonchev–Trinajstić information content (AvgIpc) is 2.76. The second-order valence-electron chi connectivity index (χ2n) is 7.70. The molecule has 2 saturated heterocycles. The minimum absolute atomic E-state index is 0.722. The van der Waals surface area contributed by atoms with Crippen molar-refractivity contribution >= 4 is 23.4 Å². The molecule has 0 radical (unpaired) electrons. The van der Waals surface area contributed by atoms with E-state index in [9.17, 15) is 0 Å². The summed E-state index contributed by atoms with van der Waals surface area (Å²) < 4.78 is 5.47. The van der Waals surface area contributed by atoms with Crippen LogP contribution in [-0.4, -0.2) is 68.8 Å². The number of hydrogen-bond donors (Lipinski definition) is 1. The molecule has 0 saturated carbocycles. The molecule has 2 aliphatic rings. The Hall–Kier alpha value is -1.40. The van der Waals surface area contributed by atoms with E-state index < -0.39 is 0 Å². The Bertz CT molecular complexity index is 595. The maximum absolute atomic E-state index is 5.47. The summed E-state index contributed by atoms with van der Waals surface area (Å²) in [5.74, 6) is 4.27. The van der Waals surface area contributed by atoms with Gasteiger partial charge in [0.2, 0.25) is 0 Å². The molecule has 1 aromatic carbocycles. The van der Waals surface area contributed by atoms with Gasteiger partial charge in [-0.25, -0.2) is 4.99 Å². The standard InChI is InChI=1S/C22H36N4OS/c1-3-23-22(25(2)11-8-19-9-14-27-15-10-19)24-18-20-4-6-21(7-5-20)26-12-16-28-17-13-26/h4-7,19H,3,8-18H2,1-2H3,(H,23,24). The number of nitrogens with one attached hydrogen (secondary N) is 1. The molecular formula is C22H36N4OS. The van der Waals surface area contributed by atoms with Crippen molar-refractivity contribution in [3.63, 3.8) is 0 Å². The highest BCUT2D eigenvalue weighted by atomic mass is 32.2. The molecule has 156 valence electrons. The lowest BCUT2D eigenvalue weighted by Crippen LogP contribution is -2.40. The lowest BCUT2D eigenvalue weighted by Gasteiger charge is -2.28. The quantitative estimate of drug-likeness (QED) is 0.557. The van der Waals surface area contributed by atoms with Gasteiger partial charge in [-0.15, -0.1) is 0 Å². The van der Waals surface area contributed by atoms with E-state index in [4.69, 9.17) is 9.73 Å². The van der Waals surface area contributed by atoms with Gasteiger partial charge in [-0.05, 0) is 49.8 Å². The van der Waals surface area contributed by atoms with Gasteiger partial charge in [-0.2, -0.15) is 11.8 Å². The second-order valence-corrected chi connectivity index (χ2v) is 8.93. The van der Waals surface area contributed by atoms with Crippen molar-refractivity contribution in [2.45, 2.75) is 32.7 Å². The number of nitrogens with zero attached hydrogens (tertiary/aromatic N) is 3. The first-order valence-corrected chi connectivity index (χ1v) is 11.9. The molecule has 0 amide bonds. The monoisotopic (exact) mass is 404 g/mol. The predicted molar refractivity (Wildman–Crippen MR) is 122 cm³/mol. The van der Waals surface area contributed by atoms with Gasteiger partial charge >= 0.3 is 0 Å². The van der Waals surface area contributed by atoms with Crippen molar-refractivity contribution in [3.8, 4) is 0 Å². The van der Waals surface area contributed by atoms with Crippen LogP contribution in [0.5, 0.6) is 0 Å². The van der Waals surface area contributed by atoms with Gasteiger partial charge in [0.05, 0.1) is 6.54 Å². The first kappa shape index (κ1) is 21.3. The van der Waals surface area contributed by atoms with E-state index in [1.54, 1.807) is 0 Å². The lowest BCUT2D eigenvalue weighted by atomic mass is 9.96. The van der Waals surface area contributed by atoms with E-state index in [0.717, 1.165) is 57.8 Å². The van der Waals surface area contributed by atoms with E-state index in [1.807, 2.05) is 0 Å². The molecule has 1 N–H and O–H groups in total. The Labute approximate surface area is 174 Å². The Morgan fingerprint density at radius 1 is 1.21 bits per heavy atom. The number of ether oxygens (including phenoxy) is 1. The van der Waals surface area contributed by atoms with Crippen molar-refractivity contribution in [2.24, 2.45) is 10.9 Å². The van der Waals surface area contributed by atoms with Gasteiger partial charge in [-0.1, -0.05) is 12.1 Å². The summed E-state index contributed by atoms with van der Waals surface area (Å²) in [6.07, 6.45) is 3.61. The number of rotatable bonds is 7. The second kappa shape index (κ2) is 11.6. The molecule has 0 unspecified atom stereocenters. The van der Waals surface area contributed by atoms with E-state index in [0.29, 0.717) is 0 Å². The molecule has 2 heterocycles. The zero-order chi connectivity index (χ0) is 19.6. The summed E-state index contributed by atoms with van der Waals surface area (Å²) >= 11 is 2.05. The maximum Gasteiger partial charge on any atom is 0.193 e. The normalized spacial score (nSPS) is 18.9. The molecule has 6 heteroatoms. The van der Waals surface area contributed by atoms with Crippen molar-refractivity contribution in [1.82, 2.24) is 10.2 Å². The van der Waals surface area contributed by atoms with Gasteiger partial charge in [-0.3, -0.25) is 0 Å². The molecule has 3 rings (SSSR count). The molecular weight excluding hydrogens is 368 g/mol. The van der Waals surface area contributed by atoms with Crippen LogP contribution in [0.3, 0.4) is 0 Å². The highest BCUT2D eigenvalue weighted by Gasteiger charge is 2.15. The van der Waals surface area contributed by atoms with Crippen LogP contribution in [0.25, 0.3) is 0 Å². The van der Waals surface area contributed by atoms with Gasteiger partial charge in [0, 0.05) is 63.6 Å².